The zero-order valence-corrected chi connectivity index (χ0v) is 27.2. The molecule has 14 heteroatoms. The van der Waals surface area contributed by atoms with Crippen LogP contribution in [-0.4, -0.2) is 96.4 Å². The van der Waals surface area contributed by atoms with Crippen LogP contribution in [0.3, 0.4) is 0 Å². The fourth-order valence-electron chi connectivity index (χ4n) is 6.18. The molecule has 240 valence electrons. The molecule has 0 radical (unpaired) electrons. The van der Waals surface area contributed by atoms with Gasteiger partial charge >= 0.3 is 0 Å². The number of hydrogen-bond donors (Lipinski definition) is 1. The summed E-state index contributed by atoms with van der Waals surface area (Å²) in [6.45, 7) is -0.142. The van der Waals surface area contributed by atoms with Crippen LogP contribution in [0.2, 0.25) is 5.02 Å². The lowest BCUT2D eigenvalue weighted by Crippen LogP contribution is -2.59. The van der Waals surface area contributed by atoms with Crippen molar-refractivity contribution in [3.8, 4) is 23.0 Å². The molecule has 3 aromatic carbocycles. The van der Waals surface area contributed by atoms with Gasteiger partial charge in [0.05, 0.1) is 46.3 Å². The van der Waals surface area contributed by atoms with Crippen LogP contribution in [0.5, 0.6) is 23.0 Å². The van der Waals surface area contributed by atoms with Crippen LogP contribution in [0.25, 0.3) is 0 Å². The Bertz CT molecular complexity index is 1770. The lowest BCUT2D eigenvalue weighted by molar-refractivity contribution is -0.138. The van der Waals surface area contributed by atoms with Crippen molar-refractivity contribution in [1.82, 2.24) is 9.80 Å². The first-order valence-electron chi connectivity index (χ1n) is 13.9. The average molecular weight is 660 g/mol. The minimum Gasteiger partial charge on any atom is -0.497 e. The maximum atomic E-state index is 15.3. The van der Waals surface area contributed by atoms with Crippen LogP contribution in [0.1, 0.15) is 17.5 Å². The van der Waals surface area contributed by atoms with Gasteiger partial charge in [-0.15, -0.1) is 0 Å². The number of benzene rings is 3. The van der Waals surface area contributed by atoms with Gasteiger partial charge in [0.25, 0.3) is 15.9 Å². The van der Waals surface area contributed by atoms with Crippen molar-refractivity contribution in [2.75, 3.05) is 53.4 Å². The molecule has 45 heavy (non-hydrogen) atoms. The molecule has 2 aliphatic heterocycles. The van der Waals surface area contributed by atoms with Gasteiger partial charge in [-0.3, -0.25) is 14.5 Å². The number of halogens is 1. The summed E-state index contributed by atoms with van der Waals surface area (Å²) in [5, 5.41) is 11.2. The van der Waals surface area contributed by atoms with Gasteiger partial charge in [-0.05, 0) is 48.9 Å². The second-order valence-electron chi connectivity index (χ2n) is 10.8. The van der Waals surface area contributed by atoms with E-state index in [4.69, 9.17) is 30.5 Å². The molecular formula is C31H34ClN3O9S. The molecule has 1 fully saturated rings. The summed E-state index contributed by atoms with van der Waals surface area (Å²) in [4.78, 5) is 31.6. The summed E-state index contributed by atoms with van der Waals surface area (Å²) in [6, 6.07) is 12.3. The van der Waals surface area contributed by atoms with Gasteiger partial charge in [-0.25, -0.2) is 12.7 Å². The normalized spacial score (nSPS) is 21.4. The molecule has 2 aliphatic rings. The van der Waals surface area contributed by atoms with E-state index in [2.05, 4.69) is 0 Å². The Kier molecular flexibility index (Phi) is 8.66. The van der Waals surface area contributed by atoms with Gasteiger partial charge in [0.1, 0.15) is 27.9 Å². The average Bonchev–Trinajstić information content (AvgIpc) is 3.54. The van der Waals surface area contributed by atoms with E-state index in [0.29, 0.717) is 15.8 Å². The number of likely N-dealkylation sites (tertiary alicyclic amines) is 1. The summed E-state index contributed by atoms with van der Waals surface area (Å²) in [5.74, 6) is -0.405. The molecule has 2 heterocycles. The van der Waals surface area contributed by atoms with Crippen LogP contribution in [0, 0.1) is 0 Å². The number of fused-ring (bicyclic) bond motifs is 1. The van der Waals surface area contributed by atoms with E-state index < -0.39 is 33.6 Å². The molecule has 0 aliphatic carbocycles. The minimum absolute atomic E-state index is 0.000530. The standard InChI is InChI=1S/C31H34ClN3O9S/c1-33(2)29(37)25-14-19(36)17-34(25)31(22-10-8-20(41-3)15-26(22)43-5)23-13-18(32)7-11-24(23)35(30(31)38)45(39,40)28-12-9-21(42-4)16-27(28)44-6/h7-13,15-16,19,25,36H,14,17H2,1-6H3/t19-,25+,31?/m1/s1. The largest absolute Gasteiger partial charge is 0.497 e. The van der Waals surface area contributed by atoms with E-state index in [9.17, 15) is 18.3 Å². The Morgan fingerprint density at radius 1 is 0.911 bits per heavy atom. The molecule has 0 bridgehead atoms. The van der Waals surface area contributed by atoms with E-state index >= 15 is 4.79 Å². The first kappa shape index (κ1) is 32.4. The van der Waals surface area contributed by atoms with Crippen molar-refractivity contribution in [3.63, 3.8) is 0 Å². The zero-order valence-electron chi connectivity index (χ0n) is 25.6. The molecule has 2 amide bonds. The number of methoxy groups -OCH3 is 4. The van der Waals surface area contributed by atoms with Crippen LogP contribution in [-0.2, 0) is 25.2 Å². The van der Waals surface area contributed by atoms with E-state index in [0.717, 1.165) is 0 Å². The molecule has 1 unspecified atom stereocenters. The van der Waals surface area contributed by atoms with E-state index in [-0.39, 0.29) is 57.1 Å². The first-order valence-corrected chi connectivity index (χ1v) is 15.7. The number of β-amino-alcohol motifs (C(OH)–C–C–N with tert-alkyl or cyclic N) is 1. The summed E-state index contributed by atoms with van der Waals surface area (Å²) >= 11 is 6.54. The number of aliphatic hydroxyl groups is 1. The highest BCUT2D eigenvalue weighted by Crippen LogP contribution is 2.55. The number of rotatable bonds is 9. The highest BCUT2D eigenvalue weighted by Gasteiger charge is 2.64. The number of ether oxygens (including phenoxy) is 4. The first-order chi connectivity index (χ1) is 21.4. The van der Waals surface area contributed by atoms with Crippen molar-refractivity contribution in [3.05, 3.63) is 70.7 Å². The number of sulfonamides is 1. The lowest BCUT2D eigenvalue weighted by atomic mass is 9.80. The van der Waals surface area contributed by atoms with Gasteiger partial charge in [0.15, 0.2) is 5.54 Å². The second kappa shape index (κ2) is 12.0. The topological polar surface area (TPSA) is 135 Å². The van der Waals surface area contributed by atoms with Crippen molar-refractivity contribution in [1.29, 1.82) is 0 Å². The van der Waals surface area contributed by atoms with Gasteiger partial charge < -0.3 is 29.0 Å². The minimum atomic E-state index is -4.68. The molecule has 1 saturated heterocycles. The third-order valence-corrected chi connectivity index (χ3v) is 10.2. The summed E-state index contributed by atoms with van der Waals surface area (Å²) in [7, 11) is 4.07. The summed E-state index contributed by atoms with van der Waals surface area (Å²) in [5.41, 5.74) is -1.58. The quantitative estimate of drug-likeness (QED) is 0.365. The third kappa shape index (κ3) is 5.03. The van der Waals surface area contributed by atoms with E-state index in [1.807, 2.05) is 0 Å². The summed E-state index contributed by atoms with van der Waals surface area (Å²) < 4.78 is 51.7. The Hall–Kier alpha value is -4.04. The van der Waals surface area contributed by atoms with Crippen LogP contribution >= 0.6 is 11.6 Å². The van der Waals surface area contributed by atoms with Crippen LogP contribution < -0.4 is 23.3 Å². The molecule has 3 atom stereocenters. The van der Waals surface area contributed by atoms with Gasteiger partial charge in [0.2, 0.25) is 5.91 Å². The molecule has 3 aromatic rings. The molecule has 0 saturated carbocycles. The number of carbonyl (C=O) groups is 2. The fourth-order valence-corrected chi connectivity index (χ4v) is 7.95. The number of likely N-dealkylation sites (N-methyl/N-ethyl adjacent to an activating group) is 1. The Morgan fingerprint density at radius 3 is 2.13 bits per heavy atom. The van der Waals surface area contributed by atoms with Crippen LogP contribution in [0.4, 0.5) is 5.69 Å². The number of hydrogen-bond acceptors (Lipinski definition) is 10. The van der Waals surface area contributed by atoms with Gasteiger partial charge in [0, 0.05) is 48.9 Å². The number of amides is 2. The Labute approximate surface area is 266 Å². The maximum Gasteiger partial charge on any atom is 0.274 e. The zero-order chi connectivity index (χ0) is 32.8. The van der Waals surface area contributed by atoms with Crippen molar-refractivity contribution in [2.45, 2.75) is 29.0 Å². The van der Waals surface area contributed by atoms with Gasteiger partial charge in [-0.2, -0.15) is 0 Å². The lowest BCUT2D eigenvalue weighted by Gasteiger charge is -2.42. The molecular weight excluding hydrogens is 626 g/mol. The molecule has 1 N–H and O–H groups in total. The Morgan fingerprint density at radius 2 is 1.53 bits per heavy atom. The van der Waals surface area contributed by atoms with Crippen LogP contribution in [0.15, 0.2) is 59.5 Å². The smallest absolute Gasteiger partial charge is 0.274 e. The highest BCUT2D eigenvalue weighted by atomic mass is 35.5. The third-order valence-electron chi connectivity index (χ3n) is 8.18. The molecule has 12 nitrogen and oxygen atoms in total. The highest BCUT2D eigenvalue weighted by molar-refractivity contribution is 7.93. The number of nitrogens with zero attached hydrogens (tertiary/aromatic N) is 3. The van der Waals surface area contributed by atoms with Gasteiger partial charge in [-0.1, -0.05) is 11.6 Å². The maximum absolute atomic E-state index is 15.3. The van der Waals surface area contributed by atoms with Crippen molar-refractivity contribution < 1.29 is 42.1 Å². The molecule has 0 aromatic heterocycles. The number of anilines is 1. The predicted octanol–water partition coefficient (Wildman–Crippen LogP) is 2.88. The van der Waals surface area contributed by atoms with E-state index in [1.165, 1.54) is 69.7 Å². The summed E-state index contributed by atoms with van der Waals surface area (Å²) in [6.07, 6.45) is -1.01. The van der Waals surface area contributed by atoms with Crippen molar-refractivity contribution >= 4 is 39.1 Å². The molecule has 0 spiro atoms. The number of aliphatic hydroxyl groups excluding tert-OH is 1. The predicted molar refractivity (Wildman–Crippen MR) is 166 cm³/mol. The monoisotopic (exact) mass is 659 g/mol. The Balaban J connectivity index is 1.88. The number of carbonyl (C=O) groups excluding carboxylic acids is 2. The molecule has 5 rings (SSSR count). The second-order valence-corrected chi connectivity index (χ2v) is 13.0. The van der Waals surface area contributed by atoms with E-state index in [1.54, 1.807) is 37.2 Å². The fraction of sp³-hybridized carbons (Fsp3) is 0.355. The SMILES string of the molecule is COc1ccc(C2(N3C[C@H](O)C[C@H]3C(=O)N(C)C)C(=O)N(S(=O)(=O)c3ccc(OC)cc3OC)c3ccc(Cl)cc32)c(OC)c1. The van der Waals surface area contributed by atoms with Crippen molar-refractivity contribution in [2.24, 2.45) is 0 Å².